The molecule has 2 aromatic heterocycles. The zero-order chi connectivity index (χ0) is 23.1. The van der Waals surface area contributed by atoms with E-state index in [-0.39, 0.29) is 27.2 Å². The molecule has 1 fully saturated rings. The van der Waals surface area contributed by atoms with Crippen molar-refractivity contribution in [2.24, 2.45) is 0 Å². The Hall–Kier alpha value is -2.40. The molecule has 11 heteroatoms. The molecule has 0 bridgehead atoms. The van der Waals surface area contributed by atoms with Crippen LogP contribution in [0.3, 0.4) is 0 Å². The number of hydrogen-bond donors (Lipinski definition) is 1. The van der Waals surface area contributed by atoms with Crippen LogP contribution < -0.4 is 11.2 Å². The van der Waals surface area contributed by atoms with Crippen LogP contribution in [0.25, 0.3) is 16.3 Å². The molecule has 3 heterocycles. The highest BCUT2D eigenvalue weighted by molar-refractivity contribution is 7.20. The number of aliphatic hydroxyl groups is 1. The minimum absolute atomic E-state index is 0.0173. The number of rotatable bonds is 5. The molecule has 0 radical (unpaired) electrons. The first-order valence-electron chi connectivity index (χ1n) is 9.91. The molecule has 1 N–H and O–H groups in total. The molecule has 170 valence electrons. The van der Waals surface area contributed by atoms with E-state index in [1.54, 1.807) is 13.8 Å². The van der Waals surface area contributed by atoms with Crippen molar-refractivity contribution in [3.8, 4) is 0 Å². The number of aryl methyl sites for hydroxylation is 1. The van der Waals surface area contributed by atoms with Crippen molar-refractivity contribution in [2.45, 2.75) is 58.0 Å². The lowest BCUT2D eigenvalue weighted by atomic mass is 9.93. The molecule has 0 aromatic carbocycles. The first-order valence-corrected chi connectivity index (χ1v) is 10.7. The third kappa shape index (κ3) is 4.47. The van der Waals surface area contributed by atoms with Gasteiger partial charge in [0, 0.05) is 31.7 Å². The summed E-state index contributed by atoms with van der Waals surface area (Å²) in [7, 11) is 0. The van der Waals surface area contributed by atoms with Crippen molar-refractivity contribution in [2.75, 3.05) is 13.1 Å². The van der Waals surface area contributed by atoms with E-state index in [4.69, 9.17) is 0 Å². The van der Waals surface area contributed by atoms with Crippen LogP contribution in [-0.2, 0) is 13.1 Å². The minimum Gasteiger partial charge on any atom is -0.390 e. The largest absolute Gasteiger partial charge is 0.390 e. The standard InChI is InChI=1S/C20H24F3N3O4S/c1-4-12-13-15(27)25(5-2)18(29)26(11-8-20(21,22)23)17(13)31-14(12)16(28)24-9-6-19(3,30)7-10-24/h4,30H,1,5-11H2,2-3H3. The molecule has 1 amide bonds. The van der Waals surface area contributed by atoms with Crippen molar-refractivity contribution in [1.82, 2.24) is 14.0 Å². The van der Waals surface area contributed by atoms with Gasteiger partial charge in [0.1, 0.15) is 9.71 Å². The number of carbonyl (C=O) groups excluding carboxylic acids is 1. The Morgan fingerprint density at radius 1 is 1.26 bits per heavy atom. The Morgan fingerprint density at radius 3 is 2.39 bits per heavy atom. The van der Waals surface area contributed by atoms with Crippen molar-refractivity contribution in [3.05, 3.63) is 37.9 Å². The van der Waals surface area contributed by atoms with E-state index in [0.29, 0.717) is 25.9 Å². The summed E-state index contributed by atoms with van der Waals surface area (Å²) in [5.41, 5.74) is -2.15. The van der Waals surface area contributed by atoms with Crippen LogP contribution in [0, 0.1) is 0 Å². The summed E-state index contributed by atoms with van der Waals surface area (Å²) in [6.07, 6.45) is -3.64. The monoisotopic (exact) mass is 459 g/mol. The second kappa shape index (κ2) is 8.27. The van der Waals surface area contributed by atoms with E-state index in [1.165, 1.54) is 11.0 Å². The first kappa shape index (κ1) is 23.3. The van der Waals surface area contributed by atoms with Gasteiger partial charge in [-0.1, -0.05) is 12.7 Å². The van der Waals surface area contributed by atoms with Gasteiger partial charge in [0.15, 0.2) is 0 Å². The fourth-order valence-corrected chi connectivity index (χ4v) is 4.97. The molecule has 1 aliphatic rings. The molecule has 31 heavy (non-hydrogen) atoms. The van der Waals surface area contributed by atoms with E-state index in [0.717, 1.165) is 20.5 Å². The van der Waals surface area contributed by atoms with Gasteiger partial charge in [-0.3, -0.25) is 18.7 Å². The van der Waals surface area contributed by atoms with Gasteiger partial charge in [0.25, 0.3) is 11.5 Å². The fraction of sp³-hybridized carbons (Fsp3) is 0.550. The topological polar surface area (TPSA) is 84.5 Å². The third-order valence-corrected chi connectivity index (χ3v) is 6.77. The zero-order valence-electron chi connectivity index (χ0n) is 17.3. The van der Waals surface area contributed by atoms with Crippen LogP contribution in [-0.4, -0.2) is 49.9 Å². The smallest absolute Gasteiger partial charge is 0.390 e. The summed E-state index contributed by atoms with van der Waals surface area (Å²) in [5, 5.41) is 10.1. The molecule has 0 atom stereocenters. The summed E-state index contributed by atoms with van der Waals surface area (Å²) in [4.78, 5) is 40.5. The highest BCUT2D eigenvalue weighted by Crippen LogP contribution is 2.33. The minimum atomic E-state index is -4.49. The predicted molar refractivity (Wildman–Crippen MR) is 113 cm³/mol. The number of halogens is 3. The Kier molecular flexibility index (Phi) is 6.21. The zero-order valence-corrected chi connectivity index (χ0v) is 18.1. The number of carbonyl (C=O) groups is 1. The Bertz CT molecular complexity index is 1130. The summed E-state index contributed by atoms with van der Waals surface area (Å²) in [6, 6.07) is 0. The summed E-state index contributed by atoms with van der Waals surface area (Å²) >= 11 is 0.832. The molecule has 2 aromatic rings. The number of likely N-dealkylation sites (tertiary alicyclic amines) is 1. The van der Waals surface area contributed by atoms with Gasteiger partial charge in [0.2, 0.25) is 0 Å². The summed E-state index contributed by atoms with van der Waals surface area (Å²) in [5.74, 6) is -0.399. The Morgan fingerprint density at radius 2 is 1.87 bits per heavy atom. The van der Waals surface area contributed by atoms with Gasteiger partial charge in [-0.15, -0.1) is 11.3 Å². The number of piperidine rings is 1. The SMILES string of the molecule is C=Cc1c(C(=O)N2CCC(C)(O)CC2)sc2c1c(=O)n(CC)c(=O)n2CCC(F)(F)F. The van der Waals surface area contributed by atoms with E-state index in [1.807, 2.05) is 0 Å². The van der Waals surface area contributed by atoms with E-state index < -0.39 is 41.9 Å². The number of nitrogens with zero attached hydrogens (tertiary/aromatic N) is 3. The molecular weight excluding hydrogens is 435 g/mol. The molecule has 0 aliphatic carbocycles. The van der Waals surface area contributed by atoms with Crippen LogP contribution in [0.4, 0.5) is 13.2 Å². The maximum atomic E-state index is 13.2. The van der Waals surface area contributed by atoms with Crippen molar-refractivity contribution >= 4 is 33.5 Å². The van der Waals surface area contributed by atoms with E-state index >= 15 is 0 Å². The van der Waals surface area contributed by atoms with Gasteiger partial charge in [0.05, 0.1) is 17.4 Å². The van der Waals surface area contributed by atoms with Gasteiger partial charge >= 0.3 is 11.9 Å². The van der Waals surface area contributed by atoms with E-state index in [2.05, 4.69) is 6.58 Å². The van der Waals surface area contributed by atoms with Crippen LogP contribution in [0.5, 0.6) is 0 Å². The fourth-order valence-electron chi connectivity index (χ4n) is 3.69. The van der Waals surface area contributed by atoms with Crippen molar-refractivity contribution < 1.29 is 23.1 Å². The van der Waals surface area contributed by atoms with Crippen molar-refractivity contribution in [3.63, 3.8) is 0 Å². The maximum absolute atomic E-state index is 13.2. The highest BCUT2D eigenvalue weighted by Gasteiger charge is 2.33. The van der Waals surface area contributed by atoms with Crippen LogP contribution in [0.2, 0.25) is 0 Å². The van der Waals surface area contributed by atoms with Crippen LogP contribution >= 0.6 is 11.3 Å². The quantitative estimate of drug-likeness (QED) is 0.745. The molecule has 1 aliphatic heterocycles. The second-order valence-electron chi connectivity index (χ2n) is 7.87. The average Bonchev–Trinajstić information content (AvgIpc) is 3.06. The van der Waals surface area contributed by atoms with Gasteiger partial charge in [-0.05, 0) is 26.7 Å². The molecule has 0 unspecified atom stereocenters. The third-order valence-electron chi connectivity index (χ3n) is 5.55. The van der Waals surface area contributed by atoms with E-state index in [9.17, 15) is 32.7 Å². The van der Waals surface area contributed by atoms with Crippen LogP contribution in [0.1, 0.15) is 48.3 Å². The van der Waals surface area contributed by atoms with Crippen LogP contribution in [0.15, 0.2) is 16.2 Å². The summed E-state index contributed by atoms with van der Waals surface area (Å²) in [6.45, 7) is 6.85. The number of fused-ring (bicyclic) bond motifs is 1. The molecule has 0 spiro atoms. The van der Waals surface area contributed by atoms with Gasteiger partial charge in [-0.25, -0.2) is 4.79 Å². The lowest BCUT2D eigenvalue weighted by Crippen LogP contribution is -2.45. The molecule has 1 saturated heterocycles. The van der Waals surface area contributed by atoms with Gasteiger partial charge in [-0.2, -0.15) is 13.2 Å². The maximum Gasteiger partial charge on any atom is 0.390 e. The Labute approximate surface area is 180 Å². The highest BCUT2D eigenvalue weighted by atomic mass is 32.1. The molecule has 0 saturated carbocycles. The number of hydrogen-bond acceptors (Lipinski definition) is 5. The number of thiophene rings is 1. The number of alkyl halides is 3. The van der Waals surface area contributed by atoms with Crippen molar-refractivity contribution in [1.29, 1.82) is 0 Å². The number of amides is 1. The number of aromatic nitrogens is 2. The Balaban J connectivity index is 2.17. The summed E-state index contributed by atoms with van der Waals surface area (Å²) < 4.78 is 40.3. The molecule has 3 rings (SSSR count). The molecule has 7 nitrogen and oxygen atoms in total. The molecular formula is C20H24F3N3O4S. The normalized spacial score (nSPS) is 16.6. The first-order chi connectivity index (χ1) is 14.4. The average molecular weight is 459 g/mol. The second-order valence-corrected chi connectivity index (χ2v) is 8.87. The lowest BCUT2D eigenvalue weighted by Gasteiger charge is -2.35. The van der Waals surface area contributed by atoms with Gasteiger partial charge < -0.3 is 10.0 Å². The lowest BCUT2D eigenvalue weighted by molar-refractivity contribution is -0.136. The predicted octanol–water partition coefficient (Wildman–Crippen LogP) is 2.83.